The van der Waals surface area contributed by atoms with Gasteiger partial charge in [0.25, 0.3) is 0 Å². The molecule has 2 N–H and O–H groups in total. The number of hydrogen-bond donors (Lipinski definition) is 2. The van der Waals surface area contributed by atoms with Crippen molar-refractivity contribution in [1.29, 1.82) is 0 Å². The molecule has 0 spiro atoms. The summed E-state index contributed by atoms with van der Waals surface area (Å²) in [4.78, 5) is 1.74. The van der Waals surface area contributed by atoms with Gasteiger partial charge in [0.15, 0.2) is 0 Å². The average Bonchev–Trinajstić information content (AvgIpc) is 2.66. The minimum absolute atomic E-state index is 0.418. The van der Waals surface area contributed by atoms with E-state index < -0.39 is 6.10 Å². The molecule has 0 amide bonds. The maximum atomic E-state index is 9.22. The van der Waals surface area contributed by atoms with Gasteiger partial charge in [-0.05, 0) is 19.9 Å². The van der Waals surface area contributed by atoms with Crippen molar-refractivity contribution >= 4 is 6.01 Å². The van der Waals surface area contributed by atoms with Gasteiger partial charge < -0.3 is 19.7 Å². The molecule has 1 heterocycles. The number of anilines is 1. The highest BCUT2D eigenvalue weighted by Gasteiger charge is 2.11. The van der Waals surface area contributed by atoms with Crippen LogP contribution in [0.25, 0.3) is 0 Å². The number of likely N-dealkylation sites (N-methyl/N-ethyl adjacent to an activating group) is 1. The molecule has 0 saturated heterocycles. The van der Waals surface area contributed by atoms with Gasteiger partial charge >= 0.3 is 6.01 Å². The Bertz CT molecular complexity index is 301. The molecule has 6 heteroatoms. The van der Waals surface area contributed by atoms with E-state index >= 15 is 0 Å². The lowest BCUT2D eigenvalue weighted by atomic mass is 10.4. The topological polar surface area (TPSA) is 74.4 Å². The first-order chi connectivity index (χ1) is 7.63. The van der Waals surface area contributed by atoms with E-state index in [9.17, 15) is 5.11 Å². The summed E-state index contributed by atoms with van der Waals surface area (Å²) in [6.45, 7) is 5.81. The van der Waals surface area contributed by atoms with Crippen LogP contribution < -0.4 is 10.2 Å². The first-order valence-electron chi connectivity index (χ1n) is 5.55. The Balaban J connectivity index is 2.44. The van der Waals surface area contributed by atoms with Crippen LogP contribution in [0.15, 0.2) is 4.42 Å². The second-order valence-electron chi connectivity index (χ2n) is 3.88. The molecule has 0 aliphatic carbocycles. The molecular weight excluding hydrogens is 208 g/mol. The lowest BCUT2D eigenvalue weighted by Gasteiger charge is -2.15. The van der Waals surface area contributed by atoms with E-state index in [0.29, 0.717) is 25.0 Å². The standard InChI is InChI=1S/C10H20N4O2/c1-4-5-11-6-9-12-13-10(16-9)14(3)7-8(2)15/h8,11,15H,4-7H2,1-3H3. The van der Waals surface area contributed by atoms with Gasteiger partial charge in [0.05, 0.1) is 12.6 Å². The molecule has 1 rings (SSSR count). The Kier molecular flexibility index (Phi) is 5.21. The maximum Gasteiger partial charge on any atom is 0.318 e. The number of aliphatic hydroxyl groups is 1. The van der Waals surface area contributed by atoms with Crippen LogP contribution in [0.3, 0.4) is 0 Å². The summed E-state index contributed by atoms with van der Waals surface area (Å²) in [7, 11) is 1.81. The molecule has 0 aromatic carbocycles. The van der Waals surface area contributed by atoms with E-state index in [1.54, 1.807) is 11.8 Å². The van der Waals surface area contributed by atoms with Gasteiger partial charge in [-0.15, -0.1) is 5.10 Å². The maximum absolute atomic E-state index is 9.22. The van der Waals surface area contributed by atoms with Crippen molar-refractivity contribution in [3.63, 3.8) is 0 Å². The molecule has 0 aliphatic rings. The average molecular weight is 228 g/mol. The second kappa shape index (κ2) is 6.44. The van der Waals surface area contributed by atoms with Gasteiger partial charge in [0, 0.05) is 13.6 Å². The van der Waals surface area contributed by atoms with Crippen molar-refractivity contribution in [3.05, 3.63) is 5.89 Å². The van der Waals surface area contributed by atoms with Crippen LogP contribution >= 0.6 is 0 Å². The van der Waals surface area contributed by atoms with E-state index in [1.807, 2.05) is 7.05 Å². The van der Waals surface area contributed by atoms with Crippen molar-refractivity contribution < 1.29 is 9.52 Å². The van der Waals surface area contributed by atoms with Gasteiger partial charge in [-0.3, -0.25) is 0 Å². The Morgan fingerprint density at radius 1 is 1.50 bits per heavy atom. The molecule has 92 valence electrons. The Morgan fingerprint density at radius 2 is 2.25 bits per heavy atom. The smallest absolute Gasteiger partial charge is 0.318 e. The zero-order chi connectivity index (χ0) is 12.0. The number of nitrogens with zero attached hydrogens (tertiary/aromatic N) is 3. The third kappa shape index (κ3) is 4.16. The third-order valence-corrected chi connectivity index (χ3v) is 2.02. The van der Waals surface area contributed by atoms with Crippen molar-refractivity contribution in [3.8, 4) is 0 Å². The number of aliphatic hydroxyl groups excluding tert-OH is 1. The summed E-state index contributed by atoms with van der Waals surface area (Å²) in [6, 6.07) is 0.439. The van der Waals surface area contributed by atoms with Crippen LogP contribution in [0.5, 0.6) is 0 Å². The fourth-order valence-electron chi connectivity index (χ4n) is 1.32. The molecule has 16 heavy (non-hydrogen) atoms. The van der Waals surface area contributed by atoms with Gasteiger partial charge in [0.2, 0.25) is 5.89 Å². The Morgan fingerprint density at radius 3 is 2.88 bits per heavy atom. The quantitative estimate of drug-likeness (QED) is 0.657. The highest BCUT2D eigenvalue weighted by Crippen LogP contribution is 2.10. The Labute approximate surface area is 95.7 Å². The number of aromatic nitrogens is 2. The van der Waals surface area contributed by atoms with E-state index in [0.717, 1.165) is 13.0 Å². The SMILES string of the molecule is CCCNCc1nnc(N(C)CC(C)O)o1. The van der Waals surface area contributed by atoms with E-state index in [1.165, 1.54) is 0 Å². The molecule has 0 saturated carbocycles. The summed E-state index contributed by atoms with van der Waals surface area (Å²) in [5, 5.41) is 20.2. The van der Waals surface area contributed by atoms with Crippen LogP contribution in [0.4, 0.5) is 6.01 Å². The minimum atomic E-state index is -0.418. The summed E-state index contributed by atoms with van der Waals surface area (Å²) in [5.41, 5.74) is 0. The summed E-state index contributed by atoms with van der Waals surface area (Å²) in [5.74, 6) is 0.570. The third-order valence-electron chi connectivity index (χ3n) is 2.02. The van der Waals surface area contributed by atoms with Gasteiger partial charge in [0.1, 0.15) is 0 Å². The van der Waals surface area contributed by atoms with E-state index in [2.05, 4.69) is 22.4 Å². The fraction of sp³-hybridized carbons (Fsp3) is 0.800. The number of rotatable bonds is 7. The molecule has 6 nitrogen and oxygen atoms in total. The normalized spacial score (nSPS) is 12.8. The molecule has 0 aliphatic heterocycles. The lowest BCUT2D eigenvalue weighted by Crippen LogP contribution is -2.27. The van der Waals surface area contributed by atoms with Crippen LogP contribution in [0.2, 0.25) is 0 Å². The van der Waals surface area contributed by atoms with Crippen molar-refractivity contribution in [2.45, 2.75) is 32.9 Å². The summed E-state index contributed by atoms with van der Waals surface area (Å²) in [6.07, 6.45) is 0.654. The van der Waals surface area contributed by atoms with Gasteiger partial charge in [-0.2, -0.15) is 0 Å². The zero-order valence-corrected chi connectivity index (χ0v) is 10.1. The first-order valence-corrected chi connectivity index (χ1v) is 5.55. The molecule has 0 radical (unpaired) electrons. The lowest BCUT2D eigenvalue weighted by molar-refractivity contribution is 0.200. The number of hydrogen-bond acceptors (Lipinski definition) is 6. The molecular formula is C10H20N4O2. The summed E-state index contributed by atoms with van der Waals surface area (Å²) < 4.78 is 5.42. The zero-order valence-electron chi connectivity index (χ0n) is 10.1. The molecule has 0 fully saturated rings. The largest absolute Gasteiger partial charge is 0.407 e. The van der Waals surface area contributed by atoms with Crippen molar-refractivity contribution in [2.24, 2.45) is 0 Å². The highest BCUT2D eigenvalue weighted by molar-refractivity contribution is 5.21. The van der Waals surface area contributed by atoms with E-state index in [4.69, 9.17) is 4.42 Å². The predicted molar refractivity (Wildman–Crippen MR) is 61.2 cm³/mol. The summed E-state index contributed by atoms with van der Waals surface area (Å²) >= 11 is 0. The van der Waals surface area contributed by atoms with Crippen LogP contribution in [0, 0.1) is 0 Å². The highest BCUT2D eigenvalue weighted by atomic mass is 16.4. The Hall–Kier alpha value is -1.14. The fourth-order valence-corrected chi connectivity index (χ4v) is 1.32. The molecule has 1 unspecified atom stereocenters. The predicted octanol–water partition coefficient (Wildman–Crippen LogP) is 0.386. The first kappa shape index (κ1) is 12.9. The molecule has 1 atom stereocenters. The van der Waals surface area contributed by atoms with Crippen molar-refractivity contribution in [1.82, 2.24) is 15.5 Å². The van der Waals surface area contributed by atoms with Gasteiger partial charge in [-0.25, -0.2) is 0 Å². The molecule has 1 aromatic rings. The van der Waals surface area contributed by atoms with Gasteiger partial charge in [-0.1, -0.05) is 12.0 Å². The minimum Gasteiger partial charge on any atom is -0.407 e. The molecule has 0 bridgehead atoms. The second-order valence-corrected chi connectivity index (χ2v) is 3.88. The van der Waals surface area contributed by atoms with Crippen molar-refractivity contribution in [2.75, 3.05) is 25.0 Å². The van der Waals surface area contributed by atoms with Crippen LogP contribution in [-0.2, 0) is 6.54 Å². The van der Waals surface area contributed by atoms with E-state index in [-0.39, 0.29) is 0 Å². The monoisotopic (exact) mass is 228 g/mol. The number of nitrogens with one attached hydrogen (secondary N) is 1. The van der Waals surface area contributed by atoms with Crippen LogP contribution in [0.1, 0.15) is 26.2 Å². The van der Waals surface area contributed by atoms with Crippen LogP contribution in [-0.4, -0.2) is 41.5 Å². The molecule has 1 aromatic heterocycles.